The second-order valence-corrected chi connectivity index (χ2v) is 5.00. The lowest BCUT2D eigenvalue weighted by Gasteiger charge is -2.10. The molecule has 0 saturated heterocycles. The monoisotopic (exact) mass is 285 g/mol. The van der Waals surface area contributed by atoms with Gasteiger partial charge in [-0.2, -0.15) is 11.3 Å². The van der Waals surface area contributed by atoms with Gasteiger partial charge < -0.3 is 9.73 Å². The van der Waals surface area contributed by atoms with Crippen LogP contribution in [0.3, 0.4) is 0 Å². The van der Waals surface area contributed by atoms with Crippen molar-refractivity contribution in [3.63, 3.8) is 0 Å². The third-order valence-corrected chi connectivity index (χ3v) is 3.62. The second-order valence-electron chi connectivity index (χ2n) is 3.37. The summed E-state index contributed by atoms with van der Waals surface area (Å²) in [6.45, 7) is 2.97. The van der Waals surface area contributed by atoms with Crippen LogP contribution < -0.4 is 5.32 Å². The fraction of sp³-hybridized carbons (Fsp3) is 0.273. The molecule has 0 aliphatic heterocycles. The van der Waals surface area contributed by atoms with Crippen LogP contribution in [0.5, 0.6) is 0 Å². The van der Waals surface area contributed by atoms with Crippen molar-refractivity contribution in [2.24, 2.45) is 0 Å². The third kappa shape index (κ3) is 2.71. The topological polar surface area (TPSA) is 25.2 Å². The lowest BCUT2D eigenvalue weighted by Crippen LogP contribution is -2.17. The minimum atomic E-state index is 0.217. The Morgan fingerprint density at radius 2 is 2.40 bits per heavy atom. The average Bonchev–Trinajstić information content (AvgIpc) is 2.84. The summed E-state index contributed by atoms with van der Waals surface area (Å²) in [5.41, 5.74) is 1.31. The van der Waals surface area contributed by atoms with Gasteiger partial charge in [0.2, 0.25) is 0 Å². The van der Waals surface area contributed by atoms with E-state index in [-0.39, 0.29) is 6.04 Å². The zero-order chi connectivity index (χ0) is 10.7. The summed E-state index contributed by atoms with van der Waals surface area (Å²) in [6.07, 6.45) is 1.70. The van der Waals surface area contributed by atoms with E-state index >= 15 is 0 Å². The van der Waals surface area contributed by atoms with E-state index in [2.05, 4.69) is 45.0 Å². The molecule has 0 radical (unpaired) electrons. The van der Waals surface area contributed by atoms with Crippen LogP contribution in [0.25, 0.3) is 0 Å². The molecule has 2 nitrogen and oxygen atoms in total. The van der Waals surface area contributed by atoms with Gasteiger partial charge in [0.25, 0.3) is 0 Å². The number of hydrogen-bond donors (Lipinski definition) is 1. The van der Waals surface area contributed by atoms with Crippen LogP contribution in [-0.2, 0) is 6.54 Å². The number of thiophene rings is 1. The van der Waals surface area contributed by atoms with E-state index in [1.165, 1.54) is 5.56 Å². The molecule has 2 rings (SSSR count). The largest absolute Gasteiger partial charge is 0.466 e. The van der Waals surface area contributed by atoms with E-state index in [0.717, 1.165) is 16.8 Å². The quantitative estimate of drug-likeness (QED) is 0.920. The van der Waals surface area contributed by atoms with Crippen molar-refractivity contribution < 1.29 is 4.42 Å². The third-order valence-electron chi connectivity index (χ3n) is 2.23. The molecule has 0 fully saturated rings. The van der Waals surface area contributed by atoms with E-state index in [1.807, 2.05) is 6.07 Å². The van der Waals surface area contributed by atoms with E-state index in [0.29, 0.717) is 0 Å². The van der Waals surface area contributed by atoms with Crippen molar-refractivity contribution in [1.29, 1.82) is 0 Å². The highest BCUT2D eigenvalue weighted by Crippen LogP contribution is 2.24. The lowest BCUT2D eigenvalue weighted by atomic mass is 10.2. The summed E-state index contributed by atoms with van der Waals surface area (Å²) >= 11 is 5.17. The van der Waals surface area contributed by atoms with Crippen LogP contribution in [0.15, 0.2) is 38.0 Å². The Hall–Kier alpha value is -0.580. The summed E-state index contributed by atoms with van der Waals surface area (Å²) in [4.78, 5) is 0. The summed E-state index contributed by atoms with van der Waals surface area (Å²) in [6, 6.07) is 4.26. The number of hydrogen-bond acceptors (Lipinski definition) is 3. The van der Waals surface area contributed by atoms with Gasteiger partial charge >= 0.3 is 0 Å². The van der Waals surface area contributed by atoms with Crippen LogP contribution in [0.2, 0.25) is 0 Å². The van der Waals surface area contributed by atoms with Gasteiger partial charge in [-0.25, -0.2) is 0 Å². The van der Waals surface area contributed by atoms with E-state index in [1.54, 1.807) is 17.6 Å². The van der Waals surface area contributed by atoms with Gasteiger partial charge in [-0.3, -0.25) is 0 Å². The molecule has 2 aromatic rings. The second kappa shape index (κ2) is 4.96. The molecule has 0 aliphatic carbocycles. The van der Waals surface area contributed by atoms with Crippen molar-refractivity contribution in [3.05, 3.63) is 45.0 Å². The molecule has 0 aromatic carbocycles. The van der Waals surface area contributed by atoms with Crippen LogP contribution in [0.4, 0.5) is 0 Å². The van der Waals surface area contributed by atoms with Crippen molar-refractivity contribution >= 4 is 27.3 Å². The Bertz CT molecular complexity index is 410. The van der Waals surface area contributed by atoms with Gasteiger partial charge in [-0.1, -0.05) is 0 Å². The van der Waals surface area contributed by atoms with Crippen LogP contribution in [0.1, 0.15) is 24.3 Å². The lowest BCUT2D eigenvalue weighted by molar-refractivity contribution is 0.428. The van der Waals surface area contributed by atoms with Crippen LogP contribution in [-0.4, -0.2) is 0 Å². The Morgan fingerprint density at radius 1 is 1.53 bits per heavy atom. The summed E-state index contributed by atoms with van der Waals surface area (Å²) < 4.78 is 6.41. The van der Waals surface area contributed by atoms with Crippen LogP contribution >= 0.6 is 27.3 Å². The predicted octanol–water partition coefficient (Wildman–Crippen LogP) is 3.95. The molecule has 1 N–H and O–H groups in total. The van der Waals surface area contributed by atoms with Gasteiger partial charge in [-0.05, 0) is 51.3 Å². The average molecular weight is 286 g/mol. The molecule has 80 valence electrons. The minimum Gasteiger partial charge on any atom is -0.466 e. The SMILES string of the molecule is CC(NCc1ccsc1)c1occc1Br. The van der Waals surface area contributed by atoms with Gasteiger partial charge in [-0.15, -0.1) is 0 Å². The molecule has 4 heteroatoms. The Labute approximate surface area is 101 Å². The summed E-state index contributed by atoms with van der Waals surface area (Å²) in [5, 5.41) is 7.65. The van der Waals surface area contributed by atoms with E-state index in [4.69, 9.17) is 4.42 Å². The molecule has 15 heavy (non-hydrogen) atoms. The fourth-order valence-electron chi connectivity index (χ4n) is 1.37. The first-order valence-electron chi connectivity index (χ1n) is 4.74. The molecular weight excluding hydrogens is 274 g/mol. The number of nitrogens with one attached hydrogen (secondary N) is 1. The molecule has 2 aromatic heterocycles. The van der Waals surface area contributed by atoms with Gasteiger partial charge in [0.05, 0.1) is 16.8 Å². The maximum Gasteiger partial charge on any atom is 0.134 e. The van der Waals surface area contributed by atoms with Crippen molar-refractivity contribution in [2.75, 3.05) is 0 Å². The van der Waals surface area contributed by atoms with Crippen molar-refractivity contribution in [3.8, 4) is 0 Å². The zero-order valence-corrected chi connectivity index (χ0v) is 10.8. The highest BCUT2D eigenvalue weighted by atomic mass is 79.9. The maximum absolute atomic E-state index is 5.39. The predicted molar refractivity (Wildman–Crippen MR) is 66.0 cm³/mol. The number of rotatable bonds is 4. The summed E-state index contributed by atoms with van der Waals surface area (Å²) in [5.74, 6) is 0.949. The smallest absolute Gasteiger partial charge is 0.134 e. The Kier molecular flexibility index (Phi) is 3.61. The first-order chi connectivity index (χ1) is 7.27. The van der Waals surface area contributed by atoms with E-state index < -0.39 is 0 Å². The zero-order valence-electron chi connectivity index (χ0n) is 8.37. The molecule has 0 amide bonds. The number of furan rings is 1. The first-order valence-corrected chi connectivity index (χ1v) is 6.48. The molecule has 0 saturated carbocycles. The van der Waals surface area contributed by atoms with Crippen molar-refractivity contribution in [1.82, 2.24) is 5.32 Å². The van der Waals surface area contributed by atoms with Gasteiger partial charge in [0.1, 0.15) is 5.76 Å². The molecule has 1 unspecified atom stereocenters. The molecule has 0 bridgehead atoms. The maximum atomic E-state index is 5.39. The molecule has 1 atom stereocenters. The molecular formula is C11H12BrNOS. The fourth-order valence-corrected chi connectivity index (χ4v) is 2.58. The highest BCUT2D eigenvalue weighted by molar-refractivity contribution is 9.10. The highest BCUT2D eigenvalue weighted by Gasteiger charge is 2.11. The molecule has 2 heterocycles. The van der Waals surface area contributed by atoms with E-state index in [9.17, 15) is 0 Å². The normalized spacial score (nSPS) is 12.9. The minimum absolute atomic E-state index is 0.217. The summed E-state index contributed by atoms with van der Waals surface area (Å²) in [7, 11) is 0. The Balaban J connectivity index is 1.93. The first kappa shape index (κ1) is 10.9. The van der Waals surface area contributed by atoms with Crippen LogP contribution in [0, 0.1) is 0 Å². The van der Waals surface area contributed by atoms with Crippen molar-refractivity contribution in [2.45, 2.75) is 19.5 Å². The molecule has 0 spiro atoms. The van der Waals surface area contributed by atoms with Gasteiger partial charge in [0, 0.05) is 6.54 Å². The number of halogens is 1. The standard InChI is InChI=1S/C11H12BrNOS/c1-8(11-10(12)2-4-14-11)13-6-9-3-5-15-7-9/h2-5,7-8,13H,6H2,1H3. The Morgan fingerprint density at radius 3 is 3.00 bits per heavy atom. The van der Waals surface area contributed by atoms with Gasteiger partial charge in [0.15, 0.2) is 0 Å². The molecule has 0 aliphatic rings.